The molecular weight excluding hydrogens is 107 g/mol. The van der Waals surface area contributed by atoms with Crippen molar-refractivity contribution in [3.05, 3.63) is 11.0 Å². The van der Waals surface area contributed by atoms with Crippen LogP contribution in [0.25, 0.3) is 0 Å². The molecule has 2 radical (unpaired) electrons. The topological polar surface area (TPSA) is 0 Å². The summed E-state index contributed by atoms with van der Waals surface area (Å²) in [5.41, 5.74) is 2.94. The predicted octanol–water partition coefficient (Wildman–Crippen LogP) is 2.25. The molecule has 48 valence electrons. The van der Waals surface area contributed by atoms with Gasteiger partial charge >= 0.3 is 0 Å². The third kappa shape index (κ3) is 1.38. The van der Waals surface area contributed by atoms with Gasteiger partial charge in [0.25, 0.3) is 0 Å². The van der Waals surface area contributed by atoms with E-state index in [-0.39, 0.29) is 0 Å². The van der Waals surface area contributed by atoms with E-state index in [9.17, 15) is 0 Å². The van der Waals surface area contributed by atoms with Crippen LogP contribution < -0.4 is 0 Å². The minimum Gasteiger partial charge on any atom is -0.118 e. The molecule has 0 aliphatic heterocycles. The smallest absolute Gasteiger partial charge is 0.107 e. The Morgan fingerprint density at radius 3 is 2.00 bits per heavy atom. The molecular formula is C8H13B. The molecule has 1 rings (SSSR count). The maximum atomic E-state index is 5.73. The minimum absolute atomic E-state index is 0.439. The zero-order valence-corrected chi connectivity index (χ0v) is 6.49. The van der Waals surface area contributed by atoms with Crippen LogP contribution in [0.5, 0.6) is 0 Å². The van der Waals surface area contributed by atoms with Gasteiger partial charge in [0.1, 0.15) is 7.85 Å². The molecule has 0 N–H and O–H groups in total. The van der Waals surface area contributed by atoms with E-state index in [1.807, 2.05) is 0 Å². The van der Waals surface area contributed by atoms with Gasteiger partial charge in [-0.1, -0.05) is 19.4 Å². The van der Waals surface area contributed by atoms with E-state index in [1.54, 1.807) is 0 Å². The van der Waals surface area contributed by atoms with Crippen LogP contribution in [0, 0.1) is 5.41 Å². The lowest BCUT2D eigenvalue weighted by Crippen LogP contribution is -2.04. The van der Waals surface area contributed by atoms with Crippen molar-refractivity contribution in [1.29, 1.82) is 0 Å². The number of allylic oxidation sites excluding steroid dienone is 2. The molecule has 1 heteroatoms. The fraction of sp³-hybridized carbons (Fsp3) is 0.750. The molecule has 1 aliphatic rings. The van der Waals surface area contributed by atoms with E-state index in [4.69, 9.17) is 7.85 Å². The Morgan fingerprint density at radius 2 is 1.89 bits per heavy atom. The van der Waals surface area contributed by atoms with Crippen LogP contribution in [0.2, 0.25) is 0 Å². The Morgan fingerprint density at radius 1 is 1.33 bits per heavy atom. The molecule has 0 nitrogen and oxygen atoms in total. The normalized spacial score (nSPS) is 25.2. The number of hydrogen-bond donors (Lipinski definition) is 0. The lowest BCUT2D eigenvalue weighted by atomic mass is 9.85. The molecule has 0 fully saturated rings. The second kappa shape index (κ2) is 1.90. The van der Waals surface area contributed by atoms with Crippen LogP contribution in [-0.2, 0) is 0 Å². The highest BCUT2D eigenvalue weighted by atomic mass is 14.3. The Balaban J connectivity index is 2.70. The molecule has 0 heterocycles. The first-order valence-electron chi connectivity index (χ1n) is 3.45. The summed E-state index contributed by atoms with van der Waals surface area (Å²) in [7, 11) is 5.73. The van der Waals surface area contributed by atoms with E-state index < -0.39 is 0 Å². The average Bonchev–Trinajstić information content (AvgIpc) is 1.79. The summed E-state index contributed by atoms with van der Waals surface area (Å²) in [6.45, 7) is 6.65. The van der Waals surface area contributed by atoms with Gasteiger partial charge in [0.05, 0.1) is 0 Å². The van der Waals surface area contributed by atoms with E-state index in [0.29, 0.717) is 5.41 Å². The van der Waals surface area contributed by atoms with Gasteiger partial charge in [-0.05, 0) is 25.2 Å². The average molecular weight is 120 g/mol. The summed E-state index contributed by atoms with van der Waals surface area (Å²) < 4.78 is 0. The monoisotopic (exact) mass is 120 g/mol. The van der Waals surface area contributed by atoms with Gasteiger partial charge in [-0.25, -0.2) is 0 Å². The largest absolute Gasteiger partial charge is 0.118 e. The predicted molar refractivity (Wildman–Crippen MR) is 41.5 cm³/mol. The van der Waals surface area contributed by atoms with Gasteiger partial charge in [0, 0.05) is 0 Å². The third-order valence-electron chi connectivity index (χ3n) is 1.96. The summed E-state index contributed by atoms with van der Waals surface area (Å²) in [6, 6.07) is 0. The lowest BCUT2D eigenvalue weighted by molar-refractivity contribution is 0.392. The Hall–Kier alpha value is -0.195. The van der Waals surface area contributed by atoms with Crippen molar-refractivity contribution < 1.29 is 0 Å². The van der Waals surface area contributed by atoms with Gasteiger partial charge in [0.15, 0.2) is 0 Å². The SMILES string of the molecule is [B]C1=C(C)CC(C)(C)C1. The first-order chi connectivity index (χ1) is 4.01. The molecule has 0 bridgehead atoms. The second-order valence-electron chi connectivity index (χ2n) is 3.82. The molecule has 0 saturated carbocycles. The molecule has 1 aliphatic carbocycles. The van der Waals surface area contributed by atoms with Gasteiger partial charge < -0.3 is 0 Å². The van der Waals surface area contributed by atoms with E-state index in [0.717, 1.165) is 11.9 Å². The van der Waals surface area contributed by atoms with Crippen molar-refractivity contribution in [2.75, 3.05) is 0 Å². The van der Waals surface area contributed by atoms with Crippen molar-refractivity contribution in [1.82, 2.24) is 0 Å². The number of rotatable bonds is 0. The van der Waals surface area contributed by atoms with Gasteiger partial charge in [0.2, 0.25) is 0 Å². The molecule has 0 aromatic rings. The van der Waals surface area contributed by atoms with Crippen molar-refractivity contribution in [3.8, 4) is 0 Å². The highest BCUT2D eigenvalue weighted by molar-refractivity contribution is 6.22. The van der Waals surface area contributed by atoms with Gasteiger partial charge in [-0.3, -0.25) is 0 Å². The van der Waals surface area contributed by atoms with Crippen LogP contribution in [0.1, 0.15) is 33.6 Å². The van der Waals surface area contributed by atoms with Crippen LogP contribution in [-0.4, -0.2) is 7.85 Å². The fourth-order valence-corrected chi connectivity index (χ4v) is 1.56. The van der Waals surface area contributed by atoms with Crippen molar-refractivity contribution >= 4 is 7.85 Å². The highest BCUT2D eigenvalue weighted by Gasteiger charge is 2.25. The molecule has 0 saturated heterocycles. The van der Waals surface area contributed by atoms with Crippen LogP contribution >= 0.6 is 0 Å². The summed E-state index contributed by atoms with van der Waals surface area (Å²) in [5.74, 6) is 0. The summed E-state index contributed by atoms with van der Waals surface area (Å²) in [4.78, 5) is 0. The quantitative estimate of drug-likeness (QED) is 0.430. The maximum Gasteiger partial charge on any atom is 0.107 e. The number of hydrogen-bond acceptors (Lipinski definition) is 0. The molecule has 9 heavy (non-hydrogen) atoms. The Kier molecular flexibility index (Phi) is 1.46. The molecule has 0 unspecified atom stereocenters. The zero-order valence-electron chi connectivity index (χ0n) is 6.49. The molecule has 0 spiro atoms. The van der Waals surface area contributed by atoms with Crippen LogP contribution in [0.15, 0.2) is 11.0 Å². The van der Waals surface area contributed by atoms with Crippen LogP contribution in [0.3, 0.4) is 0 Å². The van der Waals surface area contributed by atoms with E-state index in [1.165, 1.54) is 12.0 Å². The fourth-order valence-electron chi connectivity index (χ4n) is 1.56. The zero-order chi connectivity index (χ0) is 7.07. The Labute approximate surface area is 58.8 Å². The molecule has 0 amide bonds. The van der Waals surface area contributed by atoms with E-state index >= 15 is 0 Å². The molecule has 0 aromatic carbocycles. The highest BCUT2D eigenvalue weighted by Crippen LogP contribution is 2.39. The van der Waals surface area contributed by atoms with Crippen LogP contribution in [0.4, 0.5) is 0 Å². The van der Waals surface area contributed by atoms with Crippen molar-refractivity contribution in [2.24, 2.45) is 5.41 Å². The Bertz CT molecular complexity index is 138. The first kappa shape index (κ1) is 6.92. The summed E-state index contributed by atoms with van der Waals surface area (Å²) >= 11 is 0. The van der Waals surface area contributed by atoms with Crippen molar-refractivity contribution in [2.45, 2.75) is 33.6 Å². The maximum absolute atomic E-state index is 5.73. The molecule has 0 atom stereocenters. The summed E-state index contributed by atoms with van der Waals surface area (Å²) in [5, 5.41) is 0. The molecule has 0 aromatic heterocycles. The lowest BCUT2D eigenvalue weighted by Gasteiger charge is -2.16. The van der Waals surface area contributed by atoms with Crippen molar-refractivity contribution in [3.63, 3.8) is 0 Å². The van der Waals surface area contributed by atoms with E-state index in [2.05, 4.69) is 20.8 Å². The summed E-state index contributed by atoms with van der Waals surface area (Å²) in [6.07, 6.45) is 2.26. The second-order valence-corrected chi connectivity index (χ2v) is 3.82. The minimum atomic E-state index is 0.439. The standard InChI is InChI=1S/C8H13B/c1-6-4-8(2,3)5-7(6)9/h4-5H2,1-3H3. The first-order valence-corrected chi connectivity index (χ1v) is 3.45. The van der Waals surface area contributed by atoms with Gasteiger partial charge in [-0.2, -0.15) is 0 Å². The van der Waals surface area contributed by atoms with Gasteiger partial charge in [-0.15, -0.1) is 5.47 Å². The third-order valence-corrected chi connectivity index (χ3v) is 1.96.